The highest BCUT2D eigenvalue weighted by Crippen LogP contribution is 2.26. The molecule has 5 nitrogen and oxygen atoms in total. The van der Waals surface area contributed by atoms with Crippen LogP contribution in [0, 0.1) is 0 Å². The molecular weight excluding hydrogens is 444 g/mol. The Hall–Kier alpha value is -2.83. The molecule has 0 fully saturated rings. The van der Waals surface area contributed by atoms with Crippen molar-refractivity contribution in [2.75, 3.05) is 4.72 Å². The van der Waals surface area contributed by atoms with E-state index in [9.17, 15) is 13.2 Å². The minimum Gasteiger partial charge on any atom is -0.345 e. The van der Waals surface area contributed by atoms with Gasteiger partial charge in [0.05, 0.1) is 21.5 Å². The van der Waals surface area contributed by atoms with E-state index in [4.69, 9.17) is 11.6 Å². The Bertz CT molecular complexity index is 1240. The molecular formula is C25H25ClN2O3S. The molecule has 3 aromatic carbocycles. The molecule has 0 bridgehead atoms. The zero-order chi connectivity index (χ0) is 22.7. The van der Waals surface area contributed by atoms with Crippen LogP contribution in [0.25, 0.3) is 0 Å². The largest absolute Gasteiger partial charge is 0.345 e. The molecule has 1 amide bonds. The normalized spacial score (nSPS) is 14.3. The predicted molar refractivity (Wildman–Crippen MR) is 128 cm³/mol. The fraction of sp³-hybridized carbons (Fsp3) is 0.240. The number of hydrogen-bond acceptors (Lipinski definition) is 3. The second-order valence-electron chi connectivity index (χ2n) is 8.04. The number of fused-ring (bicyclic) bond motifs is 1. The Morgan fingerprint density at radius 2 is 1.66 bits per heavy atom. The summed E-state index contributed by atoms with van der Waals surface area (Å²) >= 11 is 6.27. The maximum atomic E-state index is 13.0. The van der Waals surface area contributed by atoms with Gasteiger partial charge in [0.2, 0.25) is 0 Å². The van der Waals surface area contributed by atoms with Gasteiger partial charge in [0, 0.05) is 5.69 Å². The molecule has 1 aliphatic rings. The van der Waals surface area contributed by atoms with Crippen LogP contribution < -0.4 is 10.0 Å². The number of hydrogen-bond donors (Lipinski definition) is 2. The SMILES string of the molecule is C[C@H](NC(=O)c1cc(NS(=O)(=O)c2ccccc2)ccc1Cl)c1ccc2c(c1)CCCC2. The van der Waals surface area contributed by atoms with Crippen LogP contribution >= 0.6 is 11.6 Å². The Balaban J connectivity index is 1.51. The summed E-state index contributed by atoms with van der Waals surface area (Å²) in [6, 6.07) is 18.7. The molecule has 1 atom stereocenters. The molecule has 0 spiro atoms. The lowest BCUT2D eigenvalue weighted by Gasteiger charge is -2.20. The molecule has 166 valence electrons. The standard InChI is InChI=1S/C25H25ClN2O3S/c1-17(19-12-11-18-7-5-6-8-20(18)15-19)27-25(29)23-16-21(13-14-24(23)26)28-32(30,31)22-9-3-2-4-10-22/h2-4,9-17,28H,5-8H2,1H3,(H,27,29)/t17-/m0/s1. The maximum Gasteiger partial charge on any atom is 0.261 e. The van der Waals surface area contributed by atoms with Crippen molar-refractivity contribution in [2.45, 2.75) is 43.5 Å². The highest BCUT2D eigenvalue weighted by molar-refractivity contribution is 7.92. The van der Waals surface area contributed by atoms with E-state index < -0.39 is 10.0 Å². The first-order chi connectivity index (χ1) is 15.3. The average Bonchev–Trinajstić information content (AvgIpc) is 2.80. The van der Waals surface area contributed by atoms with E-state index in [2.05, 4.69) is 28.2 Å². The second kappa shape index (κ2) is 9.35. The minimum atomic E-state index is -3.77. The Morgan fingerprint density at radius 1 is 0.938 bits per heavy atom. The fourth-order valence-corrected chi connectivity index (χ4v) is 5.23. The number of aryl methyl sites for hydroxylation is 2. The van der Waals surface area contributed by atoms with Crippen LogP contribution in [-0.4, -0.2) is 14.3 Å². The summed E-state index contributed by atoms with van der Waals surface area (Å²) in [5, 5.41) is 3.23. The van der Waals surface area contributed by atoms with Crippen LogP contribution in [-0.2, 0) is 22.9 Å². The van der Waals surface area contributed by atoms with Gasteiger partial charge in [-0.2, -0.15) is 0 Å². The summed E-state index contributed by atoms with van der Waals surface area (Å²) in [6.07, 6.45) is 4.59. The van der Waals surface area contributed by atoms with E-state index in [-0.39, 0.29) is 33.1 Å². The molecule has 0 aromatic heterocycles. The van der Waals surface area contributed by atoms with E-state index in [1.54, 1.807) is 18.2 Å². The van der Waals surface area contributed by atoms with Gasteiger partial charge in [-0.25, -0.2) is 8.42 Å². The van der Waals surface area contributed by atoms with Gasteiger partial charge in [0.25, 0.3) is 15.9 Å². The van der Waals surface area contributed by atoms with E-state index in [1.165, 1.54) is 54.3 Å². The van der Waals surface area contributed by atoms with Crippen molar-refractivity contribution in [3.05, 3.63) is 94.0 Å². The van der Waals surface area contributed by atoms with Crippen LogP contribution in [0.15, 0.2) is 71.6 Å². The van der Waals surface area contributed by atoms with Crippen LogP contribution in [0.4, 0.5) is 5.69 Å². The van der Waals surface area contributed by atoms with Gasteiger partial charge in [0.1, 0.15) is 0 Å². The van der Waals surface area contributed by atoms with Crippen LogP contribution in [0.1, 0.15) is 52.9 Å². The lowest BCUT2D eigenvalue weighted by Crippen LogP contribution is -2.27. The summed E-state index contributed by atoms with van der Waals surface area (Å²) in [6.45, 7) is 1.93. The minimum absolute atomic E-state index is 0.141. The molecule has 0 heterocycles. The third kappa shape index (κ3) is 4.97. The number of amides is 1. The molecule has 0 radical (unpaired) electrons. The highest BCUT2D eigenvalue weighted by Gasteiger charge is 2.19. The molecule has 0 aliphatic heterocycles. The smallest absolute Gasteiger partial charge is 0.261 e. The topological polar surface area (TPSA) is 75.3 Å². The number of nitrogens with one attached hydrogen (secondary N) is 2. The molecule has 0 unspecified atom stereocenters. The van der Waals surface area contributed by atoms with Gasteiger partial charge >= 0.3 is 0 Å². The van der Waals surface area contributed by atoms with Gasteiger partial charge in [-0.1, -0.05) is 48.0 Å². The highest BCUT2D eigenvalue weighted by atomic mass is 35.5. The number of sulfonamides is 1. The van der Waals surface area contributed by atoms with Gasteiger partial charge in [-0.15, -0.1) is 0 Å². The summed E-state index contributed by atoms with van der Waals surface area (Å²) < 4.78 is 27.7. The van der Waals surface area contributed by atoms with Crippen LogP contribution in [0.5, 0.6) is 0 Å². The predicted octanol–water partition coefficient (Wildman–Crippen LogP) is 5.51. The molecule has 1 aliphatic carbocycles. The van der Waals surface area contributed by atoms with Crippen LogP contribution in [0.2, 0.25) is 5.02 Å². The molecule has 2 N–H and O–H groups in total. The summed E-state index contributed by atoms with van der Waals surface area (Å²) in [5.41, 5.74) is 4.26. The number of carbonyl (C=O) groups is 1. The molecule has 32 heavy (non-hydrogen) atoms. The summed E-state index contributed by atoms with van der Waals surface area (Å²) in [7, 11) is -3.77. The van der Waals surface area contributed by atoms with Crippen molar-refractivity contribution < 1.29 is 13.2 Å². The Labute approximate surface area is 193 Å². The second-order valence-corrected chi connectivity index (χ2v) is 10.1. The molecule has 4 rings (SSSR count). The van der Waals surface area contributed by atoms with E-state index in [1.807, 2.05) is 6.92 Å². The number of rotatable bonds is 6. The van der Waals surface area contributed by atoms with Crippen molar-refractivity contribution in [1.82, 2.24) is 5.32 Å². The lowest BCUT2D eigenvalue weighted by atomic mass is 9.89. The van der Waals surface area contributed by atoms with Gasteiger partial charge in [0.15, 0.2) is 0 Å². The van der Waals surface area contributed by atoms with Crippen molar-refractivity contribution >= 4 is 33.2 Å². The van der Waals surface area contributed by atoms with Gasteiger partial charge < -0.3 is 5.32 Å². The lowest BCUT2D eigenvalue weighted by molar-refractivity contribution is 0.0940. The Morgan fingerprint density at radius 3 is 2.41 bits per heavy atom. The molecule has 7 heteroatoms. The number of benzene rings is 3. The number of halogens is 1. The van der Waals surface area contributed by atoms with Crippen LogP contribution in [0.3, 0.4) is 0 Å². The first-order valence-corrected chi connectivity index (χ1v) is 12.5. The van der Waals surface area contributed by atoms with Crippen molar-refractivity contribution in [2.24, 2.45) is 0 Å². The van der Waals surface area contributed by atoms with Crippen molar-refractivity contribution in [3.63, 3.8) is 0 Å². The van der Waals surface area contributed by atoms with Crippen molar-refractivity contribution in [3.8, 4) is 0 Å². The maximum absolute atomic E-state index is 13.0. The summed E-state index contributed by atoms with van der Waals surface area (Å²) in [4.78, 5) is 13.1. The molecule has 0 saturated heterocycles. The third-order valence-electron chi connectivity index (χ3n) is 5.74. The van der Waals surface area contributed by atoms with E-state index in [0.29, 0.717) is 0 Å². The number of anilines is 1. The number of carbonyl (C=O) groups excluding carboxylic acids is 1. The molecule has 3 aromatic rings. The first-order valence-electron chi connectivity index (χ1n) is 10.6. The zero-order valence-electron chi connectivity index (χ0n) is 17.8. The molecule has 0 saturated carbocycles. The van der Waals surface area contributed by atoms with Gasteiger partial charge in [-0.3, -0.25) is 9.52 Å². The quantitative estimate of drug-likeness (QED) is 0.500. The zero-order valence-corrected chi connectivity index (χ0v) is 19.3. The first kappa shape index (κ1) is 22.4. The summed E-state index contributed by atoms with van der Waals surface area (Å²) in [5.74, 6) is -0.360. The van der Waals surface area contributed by atoms with Crippen molar-refractivity contribution in [1.29, 1.82) is 0 Å². The Kier molecular flexibility index (Phi) is 6.53. The van der Waals surface area contributed by atoms with E-state index >= 15 is 0 Å². The average molecular weight is 469 g/mol. The van der Waals surface area contributed by atoms with E-state index in [0.717, 1.165) is 18.4 Å². The third-order valence-corrected chi connectivity index (χ3v) is 7.46. The monoisotopic (exact) mass is 468 g/mol. The fourth-order valence-electron chi connectivity index (χ4n) is 3.96. The van der Waals surface area contributed by atoms with Gasteiger partial charge in [-0.05, 0) is 79.6 Å².